The fraction of sp³-hybridized carbons (Fsp3) is 0.640. The molecule has 3 atom stereocenters. The number of carbonyl (C=O) groups excluding carboxylic acids is 1. The molecular formula is C25H36O5. The lowest BCUT2D eigenvalue weighted by molar-refractivity contribution is -0.155. The van der Waals surface area contributed by atoms with Crippen molar-refractivity contribution in [3.05, 3.63) is 46.1 Å². The summed E-state index contributed by atoms with van der Waals surface area (Å²) in [6.07, 6.45) is 10.8. The molecule has 0 unspecified atom stereocenters. The number of cyclic esters (lactones) is 1. The molecule has 0 saturated heterocycles. The summed E-state index contributed by atoms with van der Waals surface area (Å²) < 4.78 is 10.3. The van der Waals surface area contributed by atoms with Crippen LogP contribution in [-0.4, -0.2) is 34.9 Å². The maximum atomic E-state index is 11.3. The number of hydrogen-bond acceptors (Lipinski definition) is 5. The highest BCUT2D eigenvalue weighted by Crippen LogP contribution is 2.42. The minimum absolute atomic E-state index is 0.325. The fourth-order valence-electron chi connectivity index (χ4n) is 4.91. The van der Waals surface area contributed by atoms with Crippen molar-refractivity contribution in [1.29, 1.82) is 0 Å². The van der Waals surface area contributed by atoms with Crippen molar-refractivity contribution in [2.24, 2.45) is 5.41 Å². The van der Waals surface area contributed by atoms with E-state index in [4.69, 9.17) is 9.47 Å². The van der Waals surface area contributed by atoms with Crippen LogP contribution in [0.25, 0.3) is 0 Å². The van der Waals surface area contributed by atoms with Crippen LogP contribution >= 0.6 is 0 Å². The summed E-state index contributed by atoms with van der Waals surface area (Å²) in [6.45, 7) is 9.23. The smallest absolute Gasteiger partial charge is 0.333 e. The Bertz CT molecular complexity index is 783. The molecule has 5 nitrogen and oxygen atoms in total. The molecule has 0 saturated carbocycles. The second-order valence-corrected chi connectivity index (χ2v) is 9.51. The van der Waals surface area contributed by atoms with Gasteiger partial charge in [-0.05, 0) is 76.2 Å². The first-order valence-corrected chi connectivity index (χ1v) is 11.1. The fourth-order valence-corrected chi connectivity index (χ4v) is 4.91. The van der Waals surface area contributed by atoms with Crippen molar-refractivity contribution < 1.29 is 24.5 Å². The second-order valence-electron chi connectivity index (χ2n) is 9.51. The molecule has 30 heavy (non-hydrogen) atoms. The molecule has 0 aromatic heterocycles. The van der Waals surface area contributed by atoms with Gasteiger partial charge in [-0.15, -0.1) is 0 Å². The zero-order valence-electron chi connectivity index (χ0n) is 18.7. The normalized spacial score (nSPS) is 29.6. The molecule has 0 spiro atoms. The predicted octanol–water partition coefficient (Wildman–Crippen LogP) is 4.86. The van der Waals surface area contributed by atoms with E-state index < -0.39 is 24.7 Å². The number of aliphatic hydroxyl groups excluding tert-OH is 2. The van der Waals surface area contributed by atoms with Gasteiger partial charge < -0.3 is 19.7 Å². The minimum atomic E-state index is -1.27. The standard InChI is InChI=1S/C25H36O5/c1-16(10-12-20-17(2)8-6-14-25(20,3)4)7-5-9-18-11-13-21(29-23(18)27)19-15-22(26)30-24(19)28/h7,11,15,21,23-24,27-28H,5-6,8-10,12-14H2,1-4H3/b16-7-/t21-,23+,24-/m0/s1. The topological polar surface area (TPSA) is 76.0 Å². The summed E-state index contributed by atoms with van der Waals surface area (Å²) in [5.74, 6) is -0.575. The van der Waals surface area contributed by atoms with E-state index in [0.717, 1.165) is 31.3 Å². The van der Waals surface area contributed by atoms with Gasteiger partial charge in [0.15, 0.2) is 6.29 Å². The maximum Gasteiger partial charge on any atom is 0.333 e. The molecule has 5 heteroatoms. The van der Waals surface area contributed by atoms with E-state index in [0.29, 0.717) is 17.4 Å². The Hall–Kier alpha value is -1.69. The van der Waals surface area contributed by atoms with Crippen LogP contribution in [0.2, 0.25) is 0 Å². The van der Waals surface area contributed by atoms with Crippen molar-refractivity contribution in [2.75, 3.05) is 0 Å². The second kappa shape index (κ2) is 9.63. The third kappa shape index (κ3) is 5.51. The number of allylic oxidation sites excluding steroid dienone is 4. The number of ether oxygens (including phenoxy) is 2. The van der Waals surface area contributed by atoms with Gasteiger partial charge in [-0.1, -0.05) is 42.7 Å². The Balaban J connectivity index is 1.49. The highest BCUT2D eigenvalue weighted by atomic mass is 16.6. The molecule has 3 aliphatic rings. The molecule has 2 heterocycles. The van der Waals surface area contributed by atoms with Gasteiger partial charge in [0.2, 0.25) is 6.29 Å². The zero-order valence-corrected chi connectivity index (χ0v) is 18.7. The van der Waals surface area contributed by atoms with Crippen LogP contribution in [0, 0.1) is 5.41 Å². The first-order valence-electron chi connectivity index (χ1n) is 11.1. The summed E-state index contributed by atoms with van der Waals surface area (Å²) >= 11 is 0. The van der Waals surface area contributed by atoms with Crippen molar-refractivity contribution in [2.45, 2.75) is 97.7 Å². The van der Waals surface area contributed by atoms with Crippen molar-refractivity contribution >= 4 is 5.97 Å². The van der Waals surface area contributed by atoms with E-state index in [2.05, 4.69) is 33.8 Å². The lowest BCUT2D eigenvalue weighted by atomic mass is 9.71. The van der Waals surface area contributed by atoms with Crippen LogP contribution in [0.4, 0.5) is 0 Å². The molecule has 1 aliphatic carbocycles. The molecular weight excluding hydrogens is 380 g/mol. The van der Waals surface area contributed by atoms with E-state index >= 15 is 0 Å². The van der Waals surface area contributed by atoms with E-state index in [1.807, 2.05) is 6.08 Å². The molecule has 0 fully saturated rings. The SMILES string of the molecule is CC1=C(CC/C(C)=C\CCC2=CC[C@@H](C3=CC(=O)O[C@@H]3O)O[C@H]2O)C(C)(C)CCC1. The molecule has 0 bridgehead atoms. The Kier molecular flexibility index (Phi) is 7.38. The largest absolute Gasteiger partial charge is 0.429 e. The quantitative estimate of drug-likeness (QED) is 0.458. The predicted molar refractivity (Wildman–Crippen MR) is 116 cm³/mol. The van der Waals surface area contributed by atoms with Gasteiger partial charge in [-0.25, -0.2) is 4.79 Å². The van der Waals surface area contributed by atoms with Gasteiger partial charge >= 0.3 is 5.97 Å². The van der Waals surface area contributed by atoms with Crippen molar-refractivity contribution in [3.63, 3.8) is 0 Å². The van der Waals surface area contributed by atoms with Gasteiger partial charge in [-0.2, -0.15) is 0 Å². The number of rotatable bonds is 7. The maximum absolute atomic E-state index is 11.3. The van der Waals surface area contributed by atoms with Crippen LogP contribution in [0.15, 0.2) is 46.1 Å². The summed E-state index contributed by atoms with van der Waals surface area (Å²) in [5, 5.41) is 20.1. The van der Waals surface area contributed by atoms with Crippen LogP contribution in [-0.2, 0) is 14.3 Å². The number of aliphatic hydroxyl groups is 2. The molecule has 0 amide bonds. The highest BCUT2D eigenvalue weighted by Gasteiger charge is 2.34. The molecule has 0 radical (unpaired) electrons. The summed E-state index contributed by atoms with van der Waals surface area (Å²) in [7, 11) is 0. The Morgan fingerprint density at radius 3 is 2.67 bits per heavy atom. The van der Waals surface area contributed by atoms with E-state index in [9.17, 15) is 15.0 Å². The average molecular weight is 417 g/mol. The Morgan fingerprint density at radius 2 is 2.03 bits per heavy atom. The summed E-state index contributed by atoms with van der Waals surface area (Å²) in [5.41, 5.74) is 6.15. The monoisotopic (exact) mass is 416 g/mol. The molecule has 2 N–H and O–H groups in total. The molecule has 0 aromatic rings. The minimum Gasteiger partial charge on any atom is -0.429 e. The van der Waals surface area contributed by atoms with Gasteiger partial charge in [0, 0.05) is 11.6 Å². The van der Waals surface area contributed by atoms with Crippen molar-refractivity contribution in [3.8, 4) is 0 Å². The Labute approximate surface area is 180 Å². The lowest BCUT2D eigenvalue weighted by Gasteiger charge is -2.35. The summed E-state index contributed by atoms with van der Waals surface area (Å²) in [6, 6.07) is 0. The first kappa shape index (κ1) is 23.0. The van der Waals surface area contributed by atoms with Crippen molar-refractivity contribution in [1.82, 2.24) is 0 Å². The third-order valence-corrected chi connectivity index (χ3v) is 6.75. The van der Waals surface area contributed by atoms with Crippen LogP contribution in [0.5, 0.6) is 0 Å². The Morgan fingerprint density at radius 1 is 1.27 bits per heavy atom. The number of hydrogen-bond donors (Lipinski definition) is 2. The first-order chi connectivity index (χ1) is 14.2. The number of esters is 1. The number of carbonyl (C=O) groups is 1. The van der Waals surface area contributed by atoms with E-state index in [1.165, 1.54) is 30.9 Å². The van der Waals surface area contributed by atoms with E-state index in [-0.39, 0.29) is 0 Å². The third-order valence-electron chi connectivity index (χ3n) is 6.75. The van der Waals surface area contributed by atoms with Gasteiger partial charge in [0.25, 0.3) is 0 Å². The molecule has 3 rings (SSSR count). The zero-order chi connectivity index (χ0) is 21.9. The van der Waals surface area contributed by atoms with Gasteiger partial charge in [0.1, 0.15) is 0 Å². The van der Waals surface area contributed by atoms with Crippen LogP contribution in [0.3, 0.4) is 0 Å². The van der Waals surface area contributed by atoms with Gasteiger partial charge in [0.05, 0.1) is 6.10 Å². The molecule has 2 aliphatic heterocycles. The van der Waals surface area contributed by atoms with Gasteiger partial charge in [-0.3, -0.25) is 0 Å². The molecule has 0 aromatic carbocycles. The highest BCUT2D eigenvalue weighted by molar-refractivity contribution is 5.85. The summed E-state index contributed by atoms with van der Waals surface area (Å²) in [4.78, 5) is 11.3. The lowest BCUT2D eigenvalue weighted by Crippen LogP contribution is -2.32. The van der Waals surface area contributed by atoms with Crippen LogP contribution < -0.4 is 0 Å². The average Bonchev–Trinajstić information content (AvgIpc) is 3.00. The van der Waals surface area contributed by atoms with Crippen LogP contribution in [0.1, 0.15) is 79.1 Å². The molecule has 166 valence electrons. The van der Waals surface area contributed by atoms with E-state index in [1.54, 1.807) is 11.1 Å².